The van der Waals surface area contributed by atoms with E-state index in [0.29, 0.717) is 34.9 Å². The average Bonchev–Trinajstić information content (AvgIpc) is 3.12. The van der Waals surface area contributed by atoms with Gasteiger partial charge in [-0.15, -0.1) is 0 Å². The van der Waals surface area contributed by atoms with Crippen molar-refractivity contribution < 1.29 is 23.9 Å². The molecule has 3 heterocycles. The number of hydrogen-bond acceptors (Lipinski definition) is 5. The Morgan fingerprint density at radius 2 is 2.03 bits per heavy atom. The Bertz CT molecular complexity index is 1240. The maximum absolute atomic E-state index is 12.8. The largest absolute Gasteiger partial charge is 0.488 e. The van der Waals surface area contributed by atoms with E-state index >= 15 is 0 Å². The quantitative estimate of drug-likeness (QED) is 0.673. The van der Waals surface area contributed by atoms with E-state index in [0.717, 1.165) is 16.7 Å². The second-order valence-electron chi connectivity index (χ2n) is 8.21. The van der Waals surface area contributed by atoms with Gasteiger partial charge in [0.15, 0.2) is 0 Å². The summed E-state index contributed by atoms with van der Waals surface area (Å²) in [6.45, 7) is 0.733. The molecule has 1 fully saturated rings. The zero-order valence-corrected chi connectivity index (χ0v) is 18.3. The number of halogens is 1. The van der Waals surface area contributed by atoms with Crippen LogP contribution in [0.15, 0.2) is 42.0 Å². The molecule has 0 radical (unpaired) electrons. The van der Waals surface area contributed by atoms with Crippen LogP contribution < -0.4 is 15.4 Å². The van der Waals surface area contributed by atoms with Crippen molar-refractivity contribution in [3.8, 4) is 5.75 Å². The van der Waals surface area contributed by atoms with E-state index in [2.05, 4.69) is 10.6 Å². The van der Waals surface area contributed by atoms with Crippen molar-refractivity contribution in [1.29, 1.82) is 0 Å². The van der Waals surface area contributed by atoms with Gasteiger partial charge in [0.25, 0.3) is 11.8 Å². The maximum Gasteiger partial charge on any atom is 0.255 e. The Balaban J connectivity index is 1.25. The highest BCUT2D eigenvalue weighted by atomic mass is 35.5. The fraction of sp³-hybridized carbons (Fsp3) is 0.250. The molecular formula is C24H20ClN3O5. The lowest BCUT2D eigenvalue weighted by molar-refractivity contribution is -0.137. The number of rotatable bonds is 4. The predicted molar refractivity (Wildman–Crippen MR) is 119 cm³/mol. The molecule has 0 aromatic heterocycles. The molecule has 4 amide bonds. The molecule has 5 rings (SSSR count). The summed E-state index contributed by atoms with van der Waals surface area (Å²) in [6.07, 6.45) is 2.29. The van der Waals surface area contributed by atoms with Gasteiger partial charge in [-0.25, -0.2) is 0 Å². The molecule has 0 saturated carbocycles. The van der Waals surface area contributed by atoms with E-state index in [1.807, 2.05) is 6.07 Å². The van der Waals surface area contributed by atoms with E-state index in [4.69, 9.17) is 16.3 Å². The van der Waals surface area contributed by atoms with Crippen LogP contribution in [0.2, 0.25) is 5.02 Å². The number of hydrogen-bond donors (Lipinski definition) is 2. The summed E-state index contributed by atoms with van der Waals surface area (Å²) < 4.78 is 5.64. The Morgan fingerprint density at radius 1 is 1.18 bits per heavy atom. The minimum absolute atomic E-state index is 0.167. The second kappa shape index (κ2) is 8.37. The van der Waals surface area contributed by atoms with Crippen molar-refractivity contribution in [2.24, 2.45) is 0 Å². The Kier molecular flexibility index (Phi) is 5.38. The van der Waals surface area contributed by atoms with E-state index in [9.17, 15) is 19.2 Å². The van der Waals surface area contributed by atoms with Crippen LogP contribution in [-0.4, -0.2) is 41.2 Å². The summed E-state index contributed by atoms with van der Waals surface area (Å²) in [7, 11) is 0. The van der Waals surface area contributed by atoms with Gasteiger partial charge in [0.05, 0.1) is 5.57 Å². The van der Waals surface area contributed by atoms with Crippen molar-refractivity contribution >= 4 is 41.3 Å². The molecule has 0 bridgehead atoms. The molecular weight excluding hydrogens is 446 g/mol. The maximum atomic E-state index is 12.8. The molecule has 2 aromatic rings. The number of fused-ring (bicyclic) bond motifs is 2. The number of nitrogens with one attached hydrogen (secondary N) is 2. The van der Waals surface area contributed by atoms with Gasteiger partial charge in [-0.1, -0.05) is 23.7 Å². The van der Waals surface area contributed by atoms with Crippen molar-refractivity contribution in [1.82, 2.24) is 15.5 Å². The minimum atomic E-state index is -0.652. The van der Waals surface area contributed by atoms with E-state index < -0.39 is 11.9 Å². The number of carbonyl (C=O) groups excluding carboxylic acids is 4. The molecule has 3 aliphatic heterocycles. The number of ether oxygens (including phenoxy) is 1. The molecule has 2 aromatic carbocycles. The third-order valence-electron chi connectivity index (χ3n) is 6.02. The zero-order chi connectivity index (χ0) is 23.1. The highest BCUT2D eigenvalue weighted by Crippen LogP contribution is 2.30. The summed E-state index contributed by atoms with van der Waals surface area (Å²) in [4.78, 5) is 50.5. The number of benzene rings is 2. The summed E-state index contributed by atoms with van der Waals surface area (Å²) in [5.74, 6) is -0.548. The average molecular weight is 466 g/mol. The SMILES string of the molecule is O=C1CCC(N2Cc3cc(CNC(=O)C4=Cc5cc(Cl)ccc5OC4)ccc3C2=O)C(=O)N1. The van der Waals surface area contributed by atoms with Crippen LogP contribution in [0.5, 0.6) is 5.75 Å². The third kappa shape index (κ3) is 4.09. The van der Waals surface area contributed by atoms with Crippen LogP contribution in [0.25, 0.3) is 6.08 Å². The molecule has 1 saturated heterocycles. The number of carbonyl (C=O) groups is 4. The first-order valence-electron chi connectivity index (χ1n) is 10.6. The molecule has 8 nitrogen and oxygen atoms in total. The van der Waals surface area contributed by atoms with Crippen molar-refractivity contribution in [2.75, 3.05) is 6.61 Å². The van der Waals surface area contributed by atoms with Crippen molar-refractivity contribution in [2.45, 2.75) is 32.0 Å². The van der Waals surface area contributed by atoms with Gasteiger partial charge in [0.2, 0.25) is 11.8 Å². The minimum Gasteiger partial charge on any atom is -0.488 e. The first-order valence-corrected chi connectivity index (χ1v) is 10.9. The fourth-order valence-electron chi connectivity index (χ4n) is 4.31. The summed E-state index contributed by atoms with van der Waals surface area (Å²) in [5, 5.41) is 5.74. The first-order chi connectivity index (χ1) is 15.9. The standard InChI is InChI=1S/C24H20ClN3O5/c25-17-2-5-20-14(9-17)8-16(12-33-20)22(30)26-10-13-1-3-18-15(7-13)11-28(24(18)32)19-4-6-21(29)27-23(19)31/h1-3,5,7-9,19H,4,6,10-12H2,(H,26,30)(H,27,29,31). The lowest BCUT2D eigenvalue weighted by Gasteiger charge is -2.29. The van der Waals surface area contributed by atoms with Gasteiger partial charge in [-0.2, -0.15) is 0 Å². The topological polar surface area (TPSA) is 105 Å². The molecule has 1 atom stereocenters. The number of nitrogens with zero attached hydrogens (tertiary/aromatic N) is 1. The Labute approximate surface area is 194 Å². The lowest BCUT2D eigenvalue weighted by Crippen LogP contribution is -2.52. The van der Waals surface area contributed by atoms with Gasteiger partial charge < -0.3 is 15.0 Å². The van der Waals surface area contributed by atoms with Crippen LogP contribution >= 0.6 is 11.6 Å². The highest BCUT2D eigenvalue weighted by Gasteiger charge is 2.39. The summed E-state index contributed by atoms with van der Waals surface area (Å²) >= 11 is 6.03. The number of piperidine rings is 1. The summed E-state index contributed by atoms with van der Waals surface area (Å²) in [6, 6.07) is 9.96. The van der Waals surface area contributed by atoms with Crippen molar-refractivity contribution in [3.05, 3.63) is 69.2 Å². The van der Waals surface area contributed by atoms with Crippen LogP contribution in [-0.2, 0) is 27.5 Å². The highest BCUT2D eigenvalue weighted by molar-refractivity contribution is 6.30. The molecule has 1 unspecified atom stereocenters. The van der Waals surface area contributed by atoms with Crippen LogP contribution in [0, 0.1) is 0 Å². The third-order valence-corrected chi connectivity index (χ3v) is 6.25. The smallest absolute Gasteiger partial charge is 0.255 e. The van der Waals surface area contributed by atoms with E-state index in [1.54, 1.807) is 36.4 Å². The lowest BCUT2D eigenvalue weighted by atomic mass is 10.0. The molecule has 2 N–H and O–H groups in total. The van der Waals surface area contributed by atoms with Crippen LogP contribution in [0.1, 0.15) is 39.9 Å². The molecule has 9 heteroatoms. The van der Waals surface area contributed by atoms with Gasteiger partial charge in [-0.05, 0) is 47.9 Å². The summed E-state index contributed by atoms with van der Waals surface area (Å²) in [5.41, 5.74) is 3.40. The number of imide groups is 1. The van der Waals surface area contributed by atoms with E-state index in [-0.39, 0.29) is 37.3 Å². The van der Waals surface area contributed by atoms with Crippen LogP contribution in [0.3, 0.4) is 0 Å². The molecule has 0 aliphatic carbocycles. The second-order valence-corrected chi connectivity index (χ2v) is 8.65. The van der Waals surface area contributed by atoms with Gasteiger partial charge in [0, 0.05) is 35.7 Å². The van der Waals surface area contributed by atoms with Crippen LogP contribution in [0.4, 0.5) is 0 Å². The predicted octanol–water partition coefficient (Wildman–Crippen LogP) is 2.19. The molecule has 33 heavy (non-hydrogen) atoms. The Hall–Kier alpha value is -3.65. The monoisotopic (exact) mass is 465 g/mol. The fourth-order valence-corrected chi connectivity index (χ4v) is 4.49. The van der Waals surface area contributed by atoms with Gasteiger partial charge in [-0.3, -0.25) is 24.5 Å². The zero-order valence-electron chi connectivity index (χ0n) is 17.5. The van der Waals surface area contributed by atoms with Gasteiger partial charge in [0.1, 0.15) is 18.4 Å². The van der Waals surface area contributed by atoms with Crippen molar-refractivity contribution in [3.63, 3.8) is 0 Å². The Morgan fingerprint density at radius 3 is 2.85 bits per heavy atom. The van der Waals surface area contributed by atoms with E-state index in [1.165, 1.54) is 4.90 Å². The normalized spacial score (nSPS) is 19.3. The molecule has 168 valence electrons. The molecule has 3 aliphatic rings. The number of amides is 4. The molecule has 0 spiro atoms. The van der Waals surface area contributed by atoms with Gasteiger partial charge >= 0.3 is 0 Å². The first kappa shape index (κ1) is 21.2.